The number of benzene rings is 9. The van der Waals surface area contributed by atoms with Crippen LogP contribution in [0.3, 0.4) is 0 Å². The van der Waals surface area contributed by atoms with Gasteiger partial charge in [-0.3, -0.25) is 0 Å². The summed E-state index contributed by atoms with van der Waals surface area (Å²) in [5.41, 5.74) is 11.3. The highest BCUT2D eigenvalue weighted by atomic mass is 16.3. The minimum atomic E-state index is 0.855. The molecule has 0 unspecified atom stereocenters. The first-order chi connectivity index (χ1) is 26.3. The van der Waals surface area contributed by atoms with Crippen LogP contribution >= 0.6 is 0 Å². The van der Waals surface area contributed by atoms with Gasteiger partial charge in [-0.05, 0) is 92.8 Å². The number of furan rings is 2. The van der Waals surface area contributed by atoms with E-state index in [9.17, 15) is 0 Å². The Bertz CT molecular complexity index is 3180. The Balaban J connectivity index is 1.17. The second-order valence-corrected chi connectivity index (χ2v) is 13.7. The van der Waals surface area contributed by atoms with Gasteiger partial charge in [-0.2, -0.15) is 0 Å². The van der Waals surface area contributed by atoms with Crippen molar-refractivity contribution in [1.29, 1.82) is 0 Å². The van der Waals surface area contributed by atoms with Crippen molar-refractivity contribution in [1.82, 2.24) is 0 Å². The van der Waals surface area contributed by atoms with Crippen LogP contribution in [0, 0.1) is 0 Å². The van der Waals surface area contributed by atoms with E-state index in [2.05, 4.69) is 181 Å². The van der Waals surface area contributed by atoms with E-state index in [1.54, 1.807) is 0 Å². The smallest absolute Gasteiger partial charge is 0.137 e. The molecule has 0 aliphatic rings. The Morgan fingerprint density at radius 2 is 0.887 bits per heavy atom. The molecule has 0 saturated heterocycles. The summed E-state index contributed by atoms with van der Waals surface area (Å²) in [6.07, 6.45) is 0. The summed E-state index contributed by atoms with van der Waals surface area (Å²) < 4.78 is 13.0. The first-order valence-corrected chi connectivity index (χ1v) is 18.0. The predicted molar refractivity (Wildman–Crippen MR) is 222 cm³/mol. The maximum Gasteiger partial charge on any atom is 0.137 e. The summed E-state index contributed by atoms with van der Waals surface area (Å²) in [4.78, 5) is 2.39. The molecule has 0 spiro atoms. The summed E-state index contributed by atoms with van der Waals surface area (Å²) in [7, 11) is 0. The van der Waals surface area contributed by atoms with Gasteiger partial charge in [0.15, 0.2) is 0 Å². The third kappa shape index (κ3) is 4.68. The lowest BCUT2D eigenvalue weighted by Gasteiger charge is -2.29. The lowest BCUT2D eigenvalue weighted by molar-refractivity contribution is 0.669. The SMILES string of the molecule is c1ccc(N(c2ccc(-c3cccc4ccccc34)cc2)c2cccc3oc4ccccc4c23)c(-c2cccc3oc4cc5ccccc5cc4c23)c1. The van der Waals surface area contributed by atoms with Crippen LogP contribution in [0.5, 0.6) is 0 Å². The van der Waals surface area contributed by atoms with Gasteiger partial charge in [0, 0.05) is 27.4 Å². The number of nitrogens with zero attached hydrogens (tertiary/aromatic N) is 1. The molecule has 11 aromatic rings. The van der Waals surface area contributed by atoms with Crippen LogP contribution in [0.15, 0.2) is 197 Å². The average molecular weight is 678 g/mol. The van der Waals surface area contributed by atoms with Crippen LogP contribution < -0.4 is 4.90 Å². The fourth-order valence-electron chi connectivity index (χ4n) is 8.25. The van der Waals surface area contributed by atoms with E-state index in [4.69, 9.17) is 8.83 Å². The molecule has 248 valence electrons. The first kappa shape index (κ1) is 29.6. The molecule has 2 aromatic heterocycles. The van der Waals surface area contributed by atoms with E-state index in [0.29, 0.717) is 0 Å². The van der Waals surface area contributed by atoms with Crippen LogP contribution in [-0.2, 0) is 0 Å². The Labute approximate surface area is 305 Å². The van der Waals surface area contributed by atoms with Gasteiger partial charge in [0.05, 0.1) is 16.8 Å². The zero-order chi connectivity index (χ0) is 34.9. The van der Waals surface area contributed by atoms with Gasteiger partial charge in [0.1, 0.15) is 22.3 Å². The fraction of sp³-hybridized carbons (Fsp3) is 0. The second kappa shape index (κ2) is 11.7. The minimum Gasteiger partial charge on any atom is -0.456 e. The number of fused-ring (bicyclic) bond motifs is 8. The summed E-state index contributed by atoms with van der Waals surface area (Å²) in [5, 5.41) is 9.22. The van der Waals surface area contributed by atoms with Crippen molar-refractivity contribution in [2.45, 2.75) is 0 Å². The molecule has 0 radical (unpaired) electrons. The lowest BCUT2D eigenvalue weighted by atomic mass is 9.95. The first-order valence-electron chi connectivity index (χ1n) is 18.0. The van der Waals surface area contributed by atoms with Crippen LogP contribution in [0.1, 0.15) is 0 Å². The number of hydrogen-bond donors (Lipinski definition) is 0. The molecular weight excluding hydrogens is 647 g/mol. The average Bonchev–Trinajstić information content (AvgIpc) is 3.79. The van der Waals surface area contributed by atoms with Crippen molar-refractivity contribution < 1.29 is 8.83 Å². The van der Waals surface area contributed by atoms with Crippen molar-refractivity contribution in [3.05, 3.63) is 188 Å². The van der Waals surface area contributed by atoms with Gasteiger partial charge in [-0.1, -0.05) is 133 Å². The van der Waals surface area contributed by atoms with Gasteiger partial charge in [-0.15, -0.1) is 0 Å². The highest BCUT2D eigenvalue weighted by Crippen LogP contribution is 2.48. The number of anilines is 3. The highest BCUT2D eigenvalue weighted by molar-refractivity contribution is 6.18. The predicted octanol–water partition coefficient (Wildman–Crippen LogP) is 14.6. The Hall–Kier alpha value is -7.10. The number of hydrogen-bond acceptors (Lipinski definition) is 3. The van der Waals surface area contributed by atoms with Crippen LogP contribution in [0.2, 0.25) is 0 Å². The normalized spacial score (nSPS) is 11.8. The molecule has 53 heavy (non-hydrogen) atoms. The zero-order valence-electron chi connectivity index (χ0n) is 28.7. The van der Waals surface area contributed by atoms with Gasteiger partial charge in [-0.25, -0.2) is 0 Å². The van der Waals surface area contributed by atoms with E-state index >= 15 is 0 Å². The molecule has 0 fully saturated rings. The topological polar surface area (TPSA) is 29.5 Å². The van der Waals surface area contributed by atoms with Crippen LogP contribution in [-0.4, -0.2) is 0 Å². The molecule has 0 amide bonds. The molecule has 0 saturated carbocycles. The summed E-state index contributed by atoms with van der Waals surface area (Å²) in [5.74, 6) is 0. The molecule has 0 aliphatic heterocycles. The monoisotopic (exact) mass is 677 g/mol. The maximum atomic E-state index is 6.55. The van der Waals surface area contributed by atoms with E-state index in [0.717, 1.165) is 72.1 Å². The van der Waals surface area contributed by atoms with Gasteiger partial charge in [0.25, 0.3) is 0 Å². The molecule has 9 aromatic carbocycles. The second-order valence-electron chi connectivity index (χ2n) is 13.7. The third-order valence-electron chi connectivity index (χ3n) is 10.6. The fourth-order valence-corrected chi connectivity index (χ4v) is 8.25. The third-order valence-corrected chi connectivity index (χ3v) is 10.6. The lowest BCUT2D eigenvalue weighted by Crippen LogP contribution is -2.11. The standard InChI is InChI=1S/C50H31NO2/c1-2-14-35-31-48-42(30-34(35)13-1)49-40(20-10-24-46(49)53-48)39-17-5-7-21-43(39)51(44-22-11-25-47-50(44)41-18-6-8-23-45(41)52-47)36-28-26-33(27-29-36)38-19-9-15-32-12-3-4-16-37(32)38/h1-31H. The number of rotatable bonds is 5. The molecule has 3 nitrogen and oxygen atoms in total. The van der Waals surface area contributed by atoms with E-state index < -0.39 is 0 Å². The summed E-state index contributed by atoms with van der Waals surface area (Å²) in [6.45, 7) is 0. The largest absolute Gasteiger partial charge is 0.456 e. The molecule has 0 bridgehead atoms. The van der Waals surface area contributed by atoms with Crippen molar-refractivity contribution in [2.24, 2.45) is 0 Å². The molecule has 3 heteroatoms. The zero-order valence-corrected chi connectivity index (χ0v) is 28.7. The quantitative estimate of drug-likeness (QED) is 0.182. The van der Waals surface area contributed by atoms with E-state index in [1.807, 2.05) is 12.1 Å². The van der Waals surface area contributed by atoms with Gasteiger partial charge < -0.3 is 13.7 Å². The van der Waals surface area contributed by atoms with Crippen molar-refractivity contribution >= 4 is 82.5 Å². The summed E-state index contributed by atoms with van der Waals surface area (Å²) >= 11 is 0. The molecule has 0 atom stereocenters. The van der Waals surface area contributed by atoms with Crippen molar-refractivity contribution in [3.8, 4) is 22.3 Å². The Morgan fingerprint density at radius 1 is 0.321 bits per heavy atom. The van der Waals surface area contributed by atoms with Gasteiger partial charge in [0.2, 0.25) is 0 Å². The Kier molecular flexibility index (Phi) is 6.55. The maximum absolute atomic E-state index is 6.55. The molecular formula is C50H31NO2. The molecule has 0 N–H and O–H groups in total. The Morgan fingerprint density at radius 3 is 1.75 bits per heavy atom. The van der Waals surface area contributed by atoms with Crippen LogP contribution in [0.25, 0.3) is 87.7 Å². The molecule has 0 aliphatic carbocycles. The number of para-hydroxylation sites is 2. The van der Waals surface area contributed by atoms with Crippen molar-refractivity contribution in [2.75, 3.05) is 4.90 Å². The minimum absolute atomic E-state index is 0.855. The van der Waals surface area contributed by atoms with Crippen molar-refractivity contribution in [3.63, 3.8) is 0 Å². The van der Waals surface area contributed by atoms with Crippen LogP contribution in [0.4, 0.5) is 17.1 Å². The molecule has 11 rings (SSSR count). The van der Waals surface area contributed by atoms with E-state index in [1.165, 1.54) is 32.7 Å². The molecule has 2 heterocycles. The van der Waals surface area contributed by atoms with Gasteiger partial charge >= 0.3 is 0 Å². The van der Waals surface area contributed by atoms with E-state index in [-0.39, 0.29) is 0 Å². The highest BCUT2D eigenvalue weighted by Gasteiger charge is 2.23. The summed E-state index contributed by atoms with van der Waals surface area (Å²) in [6, 6.07) is 66.8.